The molecule has 0 aliphatic rings. The van der Waals surface area contributed by atoms with Crippen molar-refractivity contribution in [3.63, 3.8) is 0 Å². The molecule has 2 aromatic rings. The Hall–Kier alpha value is -2.29. The molecule has 2 aromatic carbocycles. The number of carbonyl (C=O) groups is 1. The highest BCUT2D eigenvalue weighted by Gasteiger charge is 2.05. The van der Waals surface area contributed by atoms with Crippen LogP contribution in [-0.2, 0) is 6.42 Å². The van der Waals surface area contributed by atoms with Crippen LogP contribution in [0.1, 0.15) is 22.8 Å². The van der Waals surface area contributed by atoms with Crippen molar-refractivity contribution in [3.8, 4) is 0 Å². The molecule has 0 atom stereocenters. The second-order valence-corrected chi connectivity index (χ2v) is 4.13. The zero-order chi connectivity index (χ0) is 13.0. The van der Waals surface area contributed by atoms with Crippen molar-refractivity contribution < 1.29 is 4.79 Å². The van der Waals surface area contributed by atoms with Crippen molar-refractivity contribution in [1.82, 2.24) is 0 Å². The lowest BCUT2D eigenvalue weighted by molar-refractivity contribution is 0.102. The molecule has 92 valence electrons. The highest BCUT2D eigenvalue weighted by atomic mass is 16.1. The van der Waals surface area contributed by atoms with E-state index in [-0.39, 0.29) is 5.91 Å². The molecule has 3 N–H and O–H groups in total. The molecule has 3 heteroatoms. The molecule has 0 saturated carbocycles. The fourth-order valence-electron chi connectivity index (χ4n) is 1.71. The Morgan fingerprint density at radius 3 is 2.56 bits per heavy atom. The molecule has 0 unspecified atom stereocenters. The summed E-state index contributed by atoms with van der Waals surface area (Å²) < 4.78 is 0. The number of amides is 1. The van der Waals surface area contributed by atoms with Gasteiger partial charge in [-0.1, -0.05) is 19.1 Å². The number of nitrogens with one attached hydrogen (secondary N) is 1. The van der Waals surface area contributed by atoms with E-state index in [9.17, 15) is 4.79 Å². The van der Waals surface area contributed by atoms with Crippen LogP contribution in [0.3, 0.4) is 0 Å². The van der Waals surface area contributed by atoms with E-state index < -0.39 is 0 Å². The lowest BCUT2D eigenvalue weighted by atomic mass is 10.1. The molecule has 0 aliphatic carbocycles. The van der Waals surface area contributed by atoms with Gasteiger partial charge in [-0.25, -0.2) is 0 Å². The van der Waals surface area contributed by atoms with Crippen LogP contribution in [0.4, 0.5) is 11.4 Å². The van der Waals surface area contributed by atoms with Gasteiger partial charge < -0.3 is 11.1 Å². The molecule has 0 bridgehead atoms. The third-order valence-corrected chi connectivity index (χ3v) is 2.77. The van der Waals surface area contributed by atoms with Crippen molar-refractivity contribution in [1.29, 1.82) is 0 Å². The third kappa shape index (κ3) is 2.88. The van der Waals surface area contributed by atoms with Crippen LogP contribution < -0.4 is 11.1 Å². The third-order valence-electron chi connectivity index (χ3n) is 2.77. The minimum Gasteiger partial charge on any atom is -0.399 e. The summed E-state index contributed by atoms with van der Waals surface area (Å²) in [5.74, 6) is -0.122. The minimum atomic E-state index is -0.122. The Bertz CT molecular complexity index is 547. The number of aryl methyl sites for hydroxylation is 1. The van der Waals surface area contributed by atoms with E-state index in [2.05, 4.69) is 12.2 Å². The second-order valence-electron chi connectivity index (χ2n) is 4.13. The summed E-state index contributed by atoms with van der Waals surface area (Å²) in [6, 6.07) is 14.7. The van der Waals surface area contributed by atoms with Crippen molar-refractivity contribution >= 4 is 17.3 Å². The molecule has 18 heavy (non-hydrogen) atoms. The number of benzene rings is 2. The van der Waals surface area contributed by atoms with Gasteiger partial charge in [-0.3, -0.25) is 4.79 Å². The first-order chi connectivity index (χ1) is 8.69. The van der Waals surface area contributed by atoms with Gasteiger partial charge in [-0.2, -0.15) is 0 Å². The Balaban J connectivity index is 2.13. The molecule has 1 amide bonds. The monoisotopic (exact) mass is 240 g/mol. The summed E-state index contributed by atoms with van der Waals surface area (Å²) in [5.41, 5.74) is 8.86. The number of hydrogen-bond acceptors (Lipinski definition) is 2. The molecule has 0 aromatic heterocycles. The van der Waals surface area contributed by atoms with Gasteiger partial charge in [0.15, 0.2) is 0 Å². The van der Waals surface area contributed by atoms with Crippen molar-refractivity contribution in [2.45, 2.75) is 13.3 Å². The van der Waals surface area contributed by atoms with Crippen LogP contribution in [-0.4, -0.2) is 5.91 Å². The number of anilines is 2. The topological polar surface area (TPSA) is 55.1 Å². The number of nitrogens with two attached hydrogens (primary N) is 1. The summed E-state index contributed by atoms with van der Waals surface area (Å²) >= 11 is 0. The van der Waals surface area contributed by atoms with Crippen molar-refractivity contribution in [2.24, 2.45) is 0 Å². The first kappa shape index (κ1) is 12.2. The Labute approximate surface area is 107 Å². The molecule has 3 nitrogen and oxygen atoms in total. The molecule has 2 rings (SSSR count). The Kier molecular flexibility index (Phi) is 3.63. The summed E-state index contributed by atoms with van der Waals surface area (Å²) in [6.07, 6.45) is 0.950. The van der Waals surface area contributed by atoms with E-state index >= 15 is 0 Å². The number of carbonyl (C=O) groups excluding carboxylic acids is 1. The largest absolute Gasteiger partial charge is 0.399 e. The highest BCUT2D eigenvalue weighted by molar-refractivity contribution is 6.04. The lowest BCUT2D eigenvalue weighted by Crippen LogP contribution is -2.11. The number of hydrogen-bond donors (Lipinski definition) is 2. The molecular formula is C15H16N2O. The molecule has 0 aliphatic heterocycles. The van der Waals surface area contributed by atoms with Gasteiger partial charge in [0.1, 0.15) is 0 Å². The minimum absolute atomic E-state index is 0.122. The van der Waals surface area contributed by atoms with E-state index in [1.54, 1.807) is 24.3 Å². The fourth-order valence-corrected chi connectivity index (χ4v) is 1.71. The van der Waals surface area contributed by atoms with E-state index in [1.165, 1.54) is 5.56 Å². The maximum atomic E-state index is 12.0. The fraction of sp³-hybridized carbons (Fsp3) is 0.133. The average molecular weight is 240 g/mol. The second kappa shape index (κ2) is 5.36. The summed E-state index contributed by atoms with van der Waals surface area (Å²) in [4.78, 5) is 12.0. The number of nitrogen functional groups attached to an aromatic ring is 1. The maximum Gasteiger partial charge on any atom is 0.255 e. The zero-order valence-electron chi connectivity index (χ0n) is 10.3. The quantitative estimate of drug-likeness (QED) is 0.810. The predicted molar refractivity (Wildman–Crippen MR) is 74.6 cm³/mol. The van der Waals surface area contributed by atoms with Gasteiger partial charge in [0, 0.05) is 16.9 Å². The van der Waals surface area contributed by atoms with Crippen molar-refractivity contribution in [3.05, 3.63) is 59.7 Å². The Morgan fingerprint density at radius 2 is 1.89 bits per heavy atom. The van der Waals surface area contributed by atoms with Gasteiger partial charge in [-0.15, -0.1) is 0 Å². The van der Waals surface area contributed by atoms with Crippen LogP contribution in [0.5, 0.6) is 0 Å². The summed E-state index contributed by atoms with van der Waals surface area (Å²) in [6.45, 7) is 2.08. The lowest BCUT2D eigenvalue weighted by Gasteiger charge is -2.07. The van der Waals surface area contributed by atoms with Gasteiger partial charge in [0.05, 0.1) is 0 Å². The van der Waals surface area contributed by atoms with Crippen LogP contribution in [0.25, 0.3) is 0 Å². The van der Waals surface area contributed by atoms with E-state index in [4.69, 9.17) is 5.73 Å². The standard InChI is InChI=1S/C15H16N2O/c1-2-11-4-3-5-14(10-11)17-15(18)12-6-8-13(16)9-7-12/h3-10H,2,16H2,1H3,(H,17,18). The molecule has 0 saturated heterocycles. The van der Waals surface area contributed by atoms with Crippen LogP contribution >= 0.6 is 0 Å². The van der Waals surface area contributed by atoms with Gasteiger partial charge in [0.2, 0.25) is 0 Å². The van der Waals surface area contributed by atoms with Crippen LogP contribution in [0.15, 0.2) is 48.5 Å². The summed E-state index contributed by atoms with van der Waals surface area (Å²) in [5, 5.41) is 2.87. The number of rotatable bonds is 3. The molecule has 0 heterocycles. The van der Waals surface area contributed by atoms with Gasteiger partial charge in [0.25, 0.3) is 5.91 Å². The molecule has 0 spiro atoms. The first-order valence-electron chi connectivity index (χ1n) is 5.95. The van der Waals surface area contributed by atoms with Gasteiger partial charge in [-0.05, 0) is 48.4 Å². The summed E-state index contributed by atoms with van der Waals surface area (Å²) in [7, 11) is 0. The SMILES string of the molecule is CCc1cccc(NC(=O)c2ccc(N)cc2)c1. The Morgan fingerprint density at radius 1 is 1.17 bits per heavy atom. The van der Waals surface area contributed by atoms with Crippen LogP contribution in [0.2, 0.25) is 0 Å². The first-order valence-corrected chi connectivity index (χ1v) is 5.95. The zero-order valence-corrected chi connectivity index (χ0v) is 10.3. The van der Waals surface area contributed by atoms with E-state index in [1.807, 2.05) is 24.3 Å². The van der Waals surface area contributed by atoms with E-state index in [0.717, 1.165) is 12.1 Å². The molecule has 0 fully saturated rings. The highest BCUT2D eigenvalue weighted by Crippen LogP contribution is 2.13. The smallest absolute Gasteiger partial charge is 0.255 e. The van der Waals surface area contributed by atoms with Crippen molar-refractivity contribution in [2.75, 3.05) is 11.1 Å². The molecule has 0 radical (unpaired) electrons. The average Bonchev–Trinajstić information content (AvgIpc) is 2.39. The normalized spacial score (nSPS) is 10.1. The van der Waals surface area contributed by atoms with Gasteiger partial charge >= 0.3 is 0 Å². The van der Waals surface area contributed by atoms with Crippen LogP contribution in [0, 0.1) is 0 Å². The maximum absolute atomic E-state index is 12.0. The van der Waals surface area contributed by atoms with E-state index in [0.29, 0.717) is 11.3 Å². The molecular weight excluding hydrogens is 224 g/mol. The predicted octanol–water partition coefficient (Wildman–Crippen LogP) is 3.08.